The average molecular weight is 376 g/mol. The van der Waals surface area contributed by atoms with Crippen molar-refractivity contribution < 1.29 is 4.79 Å². The predicted molar refractivity (Wildman–Crippen MR) is 83.7 cm³/mol. The lowest BCUT2D eigenvalue weighted by atomic mass is 10.1. The van der Waals surface area contributed by atoms with E-state index in [0.29, 0.717) is 18.2 Å². The van der Waals surface area contributed by atoms with Crippen molar-refractivity contribution in [3.05, 3.63) is 22.7 Å². The van der Waals surface area contributed by atoms with Crippen molar-refractivity contribution in [1.29, 1.82) is 0 Å². The highest BCUT2D eigenvalue weighted by atomic mass is 79.9. The van der Waals surface area contributed by atoms with Gasteiger partial charge in [-0.25, -0.2) is 9.50 Å². The summed E-state index contributed by atoms with van der Waals surface area (Å²) in [6.45, 7) is 2.77. The van der Waals surface area contributed by atoms with Crippen molar-refractivity contribution in [1.82, 2.24) is 30.2 Å². The second kappa shape index (κ2) is 7.15. The lowest BCUT2D eigenvalue weighted by Crippen LogP contribution is -2.27. The second-order valence-electron chi connectivity index (χ2n) is 4.86. The monoisotopic (exact) mass is 374 g/mol. The van der Waals surface area contributed by atoms with Gasteiger partial charge in [-0.15, -0.1) is 17.5 Å². The fourth-order valence-electron chi connectivity index (χ4n) is 2.29. The van der Waals surface area contributed by atoms with Crippen molar-refractivity contribution >= 4 is 40.0 Å². The van der Waals surface area contributed by atoms with Gasteiger partial charge in [-0.05, 0) is 47.8 Å². The van der Waals surface area contributed by atoms with Gasteiger partial charge in [0.25, 0.3) is 11.7 Å². The van der Waals surface area contributed by atoms with Crippen LogP contribution in [-0.2, 0) is 0 Å². The van der Waals surface area contributed by atoms with E-state index in [1.54, 1.807) is 12.4 Å². The summed E-state index contributed by atoms with van der Waals surface area (Å²) in [7, 11) is 0. The fourth-order valence-corrected chi connectivity index (χ4v) is 2.58. The molecule has 0 saturated carbocycles. The maximum atomic E-state index is 12.0. The Labute approximate surface area is 136 Å². The summed E-state index contributed by atoms with van der Waals surface area (Å²) in [6.07, 6.45) is 5.51. The SMILES string of the molecule is Cl.O=C(NCCC1CCNC1)c1nc2ncc(Br)cn2n1. The Bertz CT molecular complexity index is 627. The summed E-state index contributed by atoms with van der Waals surface area (Å²) in [4.78, 5) is 20.1. The van der Waals surface area contributed by atoms with E-state index in [0.717, 1.165) is 24.0 Å². The number of nitrogens with one attached hydrogen (secondary N) is 2. The molecule has 114 valence electrons. The quantitative estimate of drug-likeness (QED) is 0.834. The molecule has 0 aliphatic carbocycles. The Morgan fingerprint density at radius 3 is 3.19 bits per heavy atom. The zero-order valence-corrected chi connectivity index (χ0v) is 13.7. The average Bonchev–Trinajstić information content (AvgIpc) is 3.06. The number of halogens is 2. The summed E-state index contributed by atoms with van der Waals surface area (Å²) in [6, 6.07) is 0. The fraction of sp³-hybridized carbons (Fsp3) is 0.500. The van der Waals surface area contributed by atoms with Crippen LogP contribution in [0, 0.1) is 5.92 Å². The number of aromatic nitrogens is 4. The van der Waals surface area contributed by atoms with Gasteiger partial charge in [0.05, 0.1) is 4.47 Å². The molecule has 7 nitrogen and oxygen atoms in total. The molecule has 2 aromatic rings. The minimum atomic E-state index is -0.252. The van der Waals surface area contributed by atoms with Gasteiger partial charge in [0.2, 0.25) is 5.82 Å². The van der Waals surface area contributed by atoms with E-state index in [-0.39, 0.29) is 24.1 Å². The van der Waals surface area contributed by atoms with E-state index in [1.807, 2.05) is 0 Å². The minimum absolute atomic E-state index is 0. The summed E-state index contributed by atoms with van der Waals surface area (Å²) in [5.41, 5.74) is 0. The molecular weight excluding hydrogens is 360 g/mol. The first-order chi connectivity index (χ1) is 9.72. The molecule has 1 saturated heterocycles. The molecule has 21 heavy (non-hydrogen) atoms. The van der Waals surface area contributed by atoms with Crippen molar-refractivity contribution in [3.8, 4) is 0 Å². The standard InChI is InChI=1S/C12H15BrN6O.ClH/c13-9-6-16-12-17-10(18-19(12)7-9)11(20)15-4-2-8-1-3-14-5-8;/h6-8,14H,1-5H2,(H,15,20);1H. The number of amides is 1. The Hall–Kier alpha value is -1.25. The van der Waals surface area contributed by atoms with Crippen LogP contribution in [-0.4, -0.2) is 45.1 Å². The van der Waals surface area contributed by atoms with E-state index < -0.39 is 0 Å². The highest BCUT2D eigenvalue weighted by molar-refractivity contribution is 9.10. The molecule has 1 aliphatic heterocycles. The molecule has 1 fully saturated rings. The molecule has 1 aliphatic rings. The number of nitrogens with zero attached hydrogens (tertiary/aromatic N) is 4. The van der Waals surface area contributed by atoms with Crippen LogP contribution in [0.1, 0.15) is 23.5 Å². The zero-order chi connectivity index (χ0) is 13.9. The number of hydrogen-bond donors (Lipinski definition) is 2. The normalized spacial score (nSPS) is 17.7. The maximum Gasteiger partial charge on any atom is 0.291 e. The highest BCUT2D eigenvalue weighted by Gasteiger charge is 2.16. The molecule has 1 atom stereocenters. The Morgan fingerprint density at radius 1 is 1.57 bits per heavy atom. The molecule has 0 spiro atoms. The first-order valence-corrected chi connectivity index (χ1v) is 7.38. The summed E-state index contributed by atoms with van der Waals surface area (Å²) in [5, 5.41) is 10.3. The van der Waals surface area contributed by atoms with E-state index in [2.05, 4.69) is 41.6 Å². The van der Waals surface area contributed by atoms with Crippen LogP contribution in [0.15, 0.2) is 16.9 Å². The second-order valence-corrected chi connectivity index (χ2v) is 5.77. The molecule has 0 bridgehead atoms. The van der Waals surface area contributed by atoms with Gasteiger partial charge >= 0.3 is 0 Å². The van der Waals surface area contributed by atoms with Crippen molar-refractivity contribution in [2.45, 2.75) is 12.8 Å². The first kappa shape index (κ1) is 16.1. The molecule has 1 amide bonds. The molecule has 9 heteroatoms. The lowest BCUT2D eigenvalue weighted by Gasteiger charge is -2.07. The number of rotatable bonds is 4. The van der Waals surface area contributed by atoms with Crippen molar-refractivity contribution in [2.75, 3.05) is 19.6 Å². The van der Waals surface area contributed by atoms with Crippen LogP contribution in [0.4, 0.5) is 0 Å². The van der Waals surface area contributed by atoms with Crippen LogP contribution in [0.2, 0.25) is 0 Å². The van der Waals surface area contributed by atoms with Gasteiger partial charge < -0.3 is 10.6 Å². The van der Waals surface area contributed by atoms with Crippen LogP contribution in [0.5, 0.6) is 0 Å². The van der Waals surface area contributed by atoms with Gasteiger partial charge in [0.15, 0.2) is 0 Å². The third kappa shape index (κ3) is 3.90. The predicted octanol–water partition coefficient (Wildman–Crippen LogP) is 1.04. The van der Waals surface area contributed by atoms with Gasteiger partial charge in [-0.2, -0.15) is 4.98 Å². The number of carbonyl (C=O) groups excluding carboxylic acids is 1. The summed E-state index contributed by atoms with van der Waals surface area (Å²) < 4.78 is 2.27. The Morgan fingerprint density at radius 2 is 2.43 bits per heavy atom. The van der Waals surface area contributed by atoms with Crippen LogP contribution >= 0.6 is 28.3 Å². The number of fused-ring (bicyclic) bond motifs is 1. The maximum absolute atomic E-state index is 12.0. The van der Waals surface area contributed by atoms with Crippen molar-refractivity contribution in [3.63, 3.8) is 0 Å². The van der Waals surface area contributed by atoms with Gasteiger partial charge in [0.1, 0.15) is 0 Å². The molecule has 0 aromatic carbocycles. The highest BCUT2D eigenvalue weighted by Crippen LogP contribution is 2.11. The van der Waals surface area contributed by atoms with Crippen molar-refractivity contribution in [2.24, 2.45) is 5.92 Å². The zero-order valence-electron chi connectivity index (χ0n) is 11.3. The molecule has 3 heterocycles. The minimum Gasteiger partial charge on any atom is -0.349 e. The molecule has 2 N–H and O–H groups in total. The van der Waals surface area contributed by atoms with E-state index in [4.69, 9.17) is 0 Å². The molecular formula is C12H16BrClN6O. The Balaban J connectivity index is 0.00000161. The molecule has 0 radical (unpaired) electrons. The molecule has 3 rings (SSSR count). The van der Waals surface area contributed by atoms with Gasteiger partial charge in [-0.3, -0.25) is 4.79 Å². The Kier molecular flexibility index (Phi) is 5.49. The molecule has 2 aromatic heterocycles. The van der Waals surface area contributed by atoms with Gasteiger partial charge in [-0.1, -0.05) is 0 Å². The van der Waals surface area contributed by atoms with Crippen LogP contribution < -0.4 is 10.6 Å². The molecule has 1 unspecified atom stereocenters. The first-order valence-electron chi connectivity index (χ1n) is 6.59. The lowest BCUT2D eigenvalue weighted by molar-refractivity contribution is 0.0941. The van der Waals surface area contributed by atoms with Crippen LogP contribution in [0.3, 0.4) is 0 Å². The smallest absolute Gasteiger partial charge is 0.291 e. The van der Waals surface area contributed by atoms with Gasteiger partial charge in [0, 0.05) is 18.9 Å². The third-order valence-corrected chi connectivity index (χ3v) is 3.78. The van der Waals surface area contributed by atoms with E-state index in [1.165, 1.54) is 10.9 Å². The largest absolute Gasteiger partial charge is 0.349 e. The topological polar surface area (TPSA) is 84.2 Å². The van der Waals surface area contributed by atoms with E-state index >= 15 is 0 Å². The van der Waals surface area contributed by atoms with E-state index in [9.17, 15) is 4.79 Å². The third-order valence-electron chi connectivity index (χ3n) is 3.37. The van der Waals surface area contributed by atoms with Crippen LogP contribution in [0.25, 0.3) is 5.78 Å². The number of hydrogen-bond acceptors (Lipinski definition) is 5. The summed E-state index contributed by atoms with van der Waals surface area (Å²) >= 11 is 3.30. The number of carbonyl (C=O) groups is 1. The summed E-state index contributed by atoms with van der Waals surface area (Å²) in [5.74, 6) is 0.970.